The number of halogens is 1. The summed E-state index contributed by atoms with van der Waals surface area (Å²) in [5.74, 6) is 0.915. The molecule has 0 bridgehead atoms. The summed E-state index contributed by atoms with van der Waals surface area (Å²) < 4.78 is 0. The van der Waals surface area contributed by atoms with Crippen LogP contribution in [-0.4, -0.2) is 48.3 Å². The number of piperidine rings is 1. The van der Waals surface area contributed by atoms with Gasteiger partial charge < -0.3 is 4.90 Å². The third kappa shape index (κ3) is 5.94. The summed E-state index contributed by atoms with van der Waals surface area (Å²) in [5.41, 5.74) is 3.58. The molecule has 0 aromatic heterocycles. The zero-order valence-electron chi connectivity index (χ0n) is 17.9. The SMILES string of the molecule is O=C(CCCN1CCC(c2ccc(Cl)cc2)CC1)c1ccc(CN2CCCC2)cc1. The molecule has 0 unspecified atom stereocenters. The predicted molar refractivity (Wildman–Crippen MR) is 124 cm³/mol. The van der Waals surface area contributed by atoms with Gasteiger partial charge in [0.05, 0.1) is 0 Å². The lowest BCUT2D eigenvalue weighted by molar-refractivity contribution is 0.0972. The van der Waals surface area contributed by atoms with Gasteiger partial charge in [0.2, 0.25) is 0 Å². The van der Waals surface area contributed by atoms with Crippen molar-refractivity contribution in [3.8, 4) is 0 Å². The van der Waals surface area contributed by atoms with Gasteiger partial charge in [-0.1, -0.05) is 48.0 Å². The van der Waals surface area contributed by atoms with Crippen LogP contribution in [0.4, 0.5) is 0 Å². The van der Waals surface area contributed by atoms with Crippen molar-refractivity contribution in [1.82, 2.24) is 9.80 Å². The lowest BCUT2D eigenvalue weighted by Crippen LogP contribution is -2.33. The van der Waals surface area contributed by atoms with Gasteiger partial charge in [0, 0.05) is 23.6 Å². The van der Waals surface area contributed by atoms with E-state index in [1.807, 2.05) is 24.3 Å². The zero-order chi connectivity index (χ0) is 20.8. The minimum absolute atomic E-state index is 0.277. The number of Topliss-reactive ketones (excluding diaryl/α,β-unsaturated/α-hetero) is 1. The average molecular weight is 425 g/mol. The highest BCUT2D eigenvalue weighted by Gasteiger charge is 2.20. The second-order valence-corrected chi connectivity index (χ2v) is 9.31. The molecule has 0 atom stereocenters. The van der Waals surface area contributed by atoms with E-state index in [1.54, 1.807) is 0 Å². The van der Waals surface area contributed by atoms with Gasteiger partial charge in [-0.3, -0.25) is 9.69 Å². The lowest BCUT2D eigenvalue weighted by atomic mass is 9.89. The molecule has 2 heterocycles. The smallest absolute Gasteiger partial charge is 0.162 e. The topological polar surface area (TPSA) is 23.6 Å². The van der Waals surface area contributed by atoms with Crippen LogP contribution in [0.2, 0.25) is 5.02 Å². The molecule has 0 saturated carbocycles. The second kappa shape index (κ2) is 10.6. The van der Waals surface area contributed by atoms with E-state index in [9.17, 15) is 4.79 Å². The van der Waals surface area contributed by atoms with Crippen LogP contribution in [0.1, 0.15) is 65.9 Å². The molecule has 2 aliphatic rings. The van der Waals surface area contributed by atoms with Gasteiger partial charge in [0.25, 0.3) is 0 Å². The fourth-order valence-electron chi connectivity index (χ4n) is 4.83. The Bertz CT molecular complexity index is 804. The van der Waals surface area contributed by atoms with Crippen LogP contribution in [0, 0.1) is 0 Å². The summed E-state index contributed by atoms with van der Waals surface area (Å²) in [4.78, 5) is 17.6. The van der Waals surface area contributed by atoms with Gasteiger partial charge in [-0.05, 0) is 94.0 Å². The van der Waals surface area contributed by atoms with Gasteiger partial charge in [-0.25, -0.2) is 0 Å². The van der Waals surface area contributed by atoms with Gasteiger partial charge in [-0.2, -0.15) is 0 Å². The first-order chi connectivity index (χ1) is 14.7. The number of hydrogen-bond acceptors (Lipinski definition) is 3. The quantitative estimate of drug-likeness (QED) is 0.502. The fourth-order valence-corrected chi connectivity index (χ4v) is 4.95. The van der Waals surface area contributed by atoms with Crippen LogP contribution < -0.4 is 0 Å². The summed E-state index contributed by atoms with van der Waals surface area (Å²) in [7, 11) is 0. The molecule has 2 aromatic carbocycles. The van der Waals surface area contributed by atoms with Crippen LogP contribution in [0.3, 0.4) is 0 Å². The molecule has 0 N–H and O–H groups in total. The van der Waals surface area contributed by atoms with E-state index >= 15 is 0 Å². The van der Waals surface area contributed by atoms with Crippen molar-refractivity contribution in [3.63, 3.8) is 0 Å². The minimum atomic E-state index is 0.277. The highest BCUT2D eigenvalue weighted by atomic mass is 35.5. The monoisotopic (exact) mass is 424 g/mol. The van der Waals surface area contributed by atoms with Gasteiger partial charge in [0.1, 0.15) is 0 Å². The molecule has 3 nitrogen and oxygen atoms in total. The Morgan fingerprint density at radius 2 is 1.53 bits per heavy atom. The Hall–Kier alpha value is -1.68. The van der Waals surface area contributed by atoms with Gasteiger partial charge >= 0.3 is 0 Å². The summed E-state index contributed by atoms with van der Waals surface area (Å²) in [6, 6.07) is 16.6. The number of rotatable bonds is 8. The molecule has 4 heteroatoms. The zero-order valence-corrected chi connectivity index (χ0v) is 18.6. The molecule has 0 amide bonds. The van der Waals surface area contributed by atoms with E-state index in [2.05, 4.69) is 34.1 Å². The van der Waals surface area contributed by atoms with Crippen LogP contribution in [-0.2, 0) is 6.54 Å². The molecular weight excluding hydrogens is 392 g/mol. The lowest BCUT2D eigenvalue weighted by Gasteiger charge is -2.32. The predicted octanol–water partition coefficient (Wildman–Crippen LogP) is 5.78. The standard InChI is InChI=1S/C26H33ClN2O/c27-25-11-9-22(10-12-25)23-13-18-28(19-14-23)17-3-4-26(30)24-7-5-21(6-8-24)20-29-15-1-2-16-29/h5-12,23H,1-4,13-20H2. The molecule has 30 heavy (non-hydrogen) atoms. The first-order valence-electron chi connectivity index (χ1n) is 11.5. The maximum Gasteiger partial charge on any atom is 0.162 e. The van der Waals surface area contributed by atoms with E-state index in [0.717, 1.165) is 43.2 Å². The maximum atomic E-state index is 12.6. The molecule has 2 fully saturated rings. The van der Waals surface area contributed by atoms with Crippen LogP contribution in [0.15, 0.2) is 48.5 Å². The maximum absolute atomic E-state index is 12.6. The summed E-state index contributed by atoms with van der Waals surface area (Å²) in [6.07, 6.45) is 6.59. The Morgan fingerprint density at radius 3 is 2.20 bits per heavy atom. The van der Waals surface area contributed by atoms with Crippen LogP contribution in [0.5, 0.6) is 0 Å². The Kier molecular flexibility index (Phi) is 7.59. The number of carbonyl (C=O) groups is 1. The summed E-state index contributed by atoms with van der Waals surface area (Å²) in [6.45, 7) is 6.68. The van der Waals surface area contributed by atoms with Crippen molar-refractivity contribution in [2.75, 3.05) is 32.7 Å². The third-order valence-corrected chi connectivity index (χ3v) is 6.94. The molecule has 2 aliphatic heterocycles. The molecule has 0 aliphatic carbocycles. The minimum Gasteiger partial charge on any atom is -0.303 e. The highest BCUT2D eigenvalue weighted by molar-refractivity contribution is 6.30. The van der Waals surface area contributed by atoms with E-state index in [0.29, 0.717) is 12.3 Å². The molecule has 2 aromatic rings. The van der Waals surface area contributed by atoms with E-state index in [1.165, 1.54) is 49.9 Å². The van der Waals surface area contributed by atoms with Crippen LogP contribution in [0.25, 0.3) is 0 Å². The Balaban J connectivity index is 1.16. The number of likely N-dealkylation sites (tertiary alicyclic amines) is 2. The van der Waals surface area contributed by atoms with Crippen molar-refractivity contribution in [2.24, 2.45) is 0 Å². The van der Waals surface area contributed by atoms with Gasteiger partial charge in [0.15, 0.2) is 5.78 Å². The van der Waals surface area contributed by atoms with E-state index < -0.39 is 0 Å². The summed E-state index contributed by atoms with van der Waals surface area (Å²) in [5, 5.41) is 0.807. The van der Waals surface area contributed by atoms with E-state index in [4.69, 9.17) is 11.6 Å². The van der Waals surface area contributed by atoms with Crippen molar-refractivity contribution < 1.29 is 4.79 Å². The number of hydrogen-bond donors (Lipinski definition) is 0. The fraction of sp³-hybridized carbons (Fsp3) is 0.500. The normalized spacial score (nSPS) is 18.7. The number of ketones is 1. The number of carbonyl (C=O) groups excluding carboxylic acids is 1. The molecule has 160 valence electrons. The molecule has 2 saturated heterocycles. The third-order valence-electron chi connectivity index (χ3n) is 6.69. The van der Waals surface area contributed by atoms with Crippen molar-refractivity contribution >= 4 is 17.4 Å². The van der Waals surface area contributed by atoms with Crippen molar-refractivity contribution in [2.45, 2.75) is 51.0 Å². The first-order valence-corrected chi connectivity index (χ1v) is 11.9. The van der Waals surface area contributed by atoms with Gasteiger partial charge in [-0.15, -0.1) is 0 Å². The van der Waals surface area contributed by atoms with Crippen molar-refractivity contribution in [3.05, 3.63) is 70.2 Å². The highest BCUT2D eigenvalue weighted by Crippen LogP contribution is 2.29. The van der Waals surface area contributed by atoms with E-state index in [-0.39, 0.29) is 5.78 Å². The largest absolute Gasteiger partial charge is 0.303 e. The molecule has 4 rings (SSSR count). The average Bonchev–Trinajstić information content (AvgIpc) is 3.28. The number of benzene rings is 2. The number of nitrogens with zero attached hydrogens (tertiary/aromatic N) is 2. The molecular formula is C26H33ClN2O. The Labute approximate surface area is 186 Å². The van der Waals surface area contributed by atoms with Crippen molar-refractivity contribution in [1.29, 1.82) is 0 Å². The first kappa shape index (κ1) is 21.5. The second-order valence-electron chi connectivity index (χ2n) is 8.87. The molecule has 0 spiro atoms. The molecule has 0 radical (unpaired) electrons. The summed E-state index contributed by atoms with van der Waals surface area (Å²) >= 11 is 6.00. The van der Waals surface area contributed by atoms with Crippen LogP contribution >= 0.6 is 11.6 Å². The Morgan fingerprint density at radius 1 is 0.867 bits per heavy atom.